The molecule has 0 saturated heterocycles. The van der Waals surface area contributed by atoms with Gasteiger partial charge >= 0.3 is 5.91 Å². The molecule has 12 heteroatoms. The number of nitriles is 2. The van der Waals surface area contributed by atoms with Crippen LogP contribution in [0.1, 0.15) is 55.9 Å². The number of aliphatic imine (C=N–C) groups is 2. The van der Waals surface area contributed by atoms with E-state index in [0.29, 0.717) is 24.6 Å². The predicted molar refractivity (Wildman–Crippen MR) is 264 cm³/mol. The van der Waals surface area contributed by atoms with E-state index in [0.717, 1.165) is 112 Å². The molecule has 1 spiro atoms. The summed E-state index contributed by atoms with van der Waals surface area (Å²) in [4.78, 5) is 8.63. The number of nitrogens with zero attached hydrogens (tertiary/aromatic N) is 8. The van der Waals surface area contributed by atoms with Gasteiger partial charge in [0, 0.05) is 35.8 Å². The lowest BCUT2D eigenvalue weighted by molar-refractivity contribution is -0.834. The van der Waals surface area contributed by atoms with Crippen molar-refractivity contribution in [3.8, 4) is 10.8 Å². The van der Waals surface area contributed by atoms with Crippen molar-refractivity contribution in [1.29, 1.82) is 10.5 Å². The summed E-state index contributed by atoms with van der Waals surface area (Å²) >= 11 is 12.5. The number of isothiocyanates is 2. The average Bonchev–Trinajstić information content (AvgIpc) is 4.18. The first-order chi connectivity index (χ1) is 32.1. The molecule has 1 atom stereocenters. The first kappa shape index (κ1) is 39.4. The van der Waals surface area contributed by atoms with Crippen molar-refractivity contribution < 1.29 is 9.15 Å². The highest BCUT2D eigenvalue weighted by Gasteiger charge is 2.73. The third-order valence-corrected chi connectivity index (χ3v) is 14.4. The zero-order valence-corrected chi connectivity index (χ0v) is 37.7. The summed E-state index contributed by atoms with van der Waals surface area (Å²) in [6.45, 7) is 0.877. The van der Waals surface area contributed by atoms with Crippen molar-refractivity contribution >= 4 is 92.0 Å². The van der Waals surface area contributed by atoms with E-state index in [1.54, 1.807) is 0 Å². The van der Waals surface area contributed by atoms with Gasteiger partial charge in [0.05, 0.1) is 67.8 Å². The quantitative estimate of drug-likeness (QED) is 0.0528. The molecule has 0 fully saturated rings. The molecule has 65 heavy (non-hydrogen) atoms. The van der Waals surface area contributed by atoms with Crippen LogP contribution in [0.15, 0.2) is 167 Å². The number of hydrogen-bond donors (Lipinski definition) is 0. The van der Waals surface area contributed by atoms with E-state index in [-0.39, 0.29) is 0 Å². The van der Waals surface area contributed by atoms with Gasteiger partial charge in [-0.2, -0.15) is 19.7 Å². The number of thiocyanates is 2. The maximum absolute atomic E-state index is 9.54. The van der Waals surface area contributed by atoms with Gasteiger partial charge in [0.25, 0.3) is 0 Å². The van der Waals surface area contributed by atoms with Crippen molar-refractivity contribution in [2.24, 2.45) is 9.98 Å². The van der Waals surface area contributed by atoms with Gasteiger partial charge in [0.1, 0.15) is 10.8 Å². The summed E-state index contributed by atoms with van der Waals surface area (Å²) < 4.78 is 10.3. The second kappa shape index (κ2) is 15.5. The van der Waals surface area contributed by atoms with Crippen molar-refractivity contribution in [2.45, 2.75) is 30.5 Å². The highest BCUT2D eigenvalue weighted by molar-refractivity contribution is 8.03. The molecule has 0 N–H and O–H groups in total. The molecule has 6 aromatic rings. The normalized spacial score (nSPS) is 17.5. The summed E-state index contributed by atoms with van der Waals surface area (Å²) in [6, 6.07) is 43.6. The minimum atomic E-state index is -0.967. The third-order valence-electron chi connectivity index (χ3n) is 12.9. The Bertz CT molecular complexity index is 3710. The second-order valence-corrected chi connectivity index (χ2v) is 18.1. The van der Waals surface area contributed by atoms with E-state index in [1.165, 1.54) is 23.5 Å². The van der Waals surface area contributed by atoms with Crippen molar-refractivity contribution in [3.05, 3.63) is 224 Å². The fourth-order valence-corrected chi connectivity index (χ4v) is 11.6. The van der Waals surface area contributed by atoms with E-state index in [4.69, 9.17) is 24.4 Å². The Morgan fingerprint density at radius 2 is 0.923 bits per heavy atom. The Balaban J connectivity index is 1.25. The van der Waals surface area contributed by atoms with E-state index < -0.39 is 5.91 Å². The van der Waals surface area contributed by atoms with Gasteiger partial charge in [-0.1, -0.05) is 81.9 Å². The number of rotatable bonds is 12. The van der Waals surface area contributed by atoms with Crippen molar-refractivity contribution in [3.63, 3.8) is 0 Å². The number of benzene rings is 4. The van der Waals surface area contributed by atoms with Gasteiger partial charge in [-0.15, -0.1) is 0 Å². The zero-order chi connectivity index (χ0) is 43.8. The van der Waals surface area contributed by atoms with Crippen LogP contribution in [0.5, 0.6) is 0 Å². The molecule has 6 aliphatic rings. The molecule has 0 bridgehead atoms. The van der Waals surface area contributed by atoms with Crippen molar-refractivity contribution in [1.82, 2.24) is 9.13 Å². The molecule has 6 aliphatic heterocycles. The largest absolute Gasteiger partial charge is 0.553 e. The molecule has 12 rings (SSSR count). The highest BCUT2D eigenvalue weighted by Crippen LogP contribution is 2.53. The van der Waals surface area contributed by atoms with Gasteiger partial charge in [0.2, 0.25) is 22.8 Å². The number of aromatic nitrogens is 2. The Hall–Kier alpha value is -7.24. The second-order valence-electron chi connectivity index (χ2n) is 16.2. The van der Waals surface area contributed by atoms with Gasteiger partial charge in [-0.3, -0.25) is 0 Å². The molecule has 0 aliphatic carbocycles. The van der Waals surface area contributed by atoms with E-state index in [2.05, 4.69) is 195 Å². The number of thiocarbonyl (C=S) groups is 2. The Morgan fingerprint density at radius 1 is 0.508 bits per heavy atom. The van der Waals surface area contributed by atoms with E-state index in [9.17, 15) is 10.5 Å². The van der Waals surface area contributed by atoms with Crippen LogP contribution in [0.25, 0.3) is 22.3 Å². The Kier molecular flexibility index (Phi) is 9.38. The van der Waals surface area contributed by atoms with Gasteiger partial charge in [-0.05, 0) is 141 Å². The maximum Gasteiger partial charge on any atom is 0.553 e. The monoisotopic (exact) mass is 908 g/mol. The van der Waals surface area contributed by atoms with Crippen LogP contribution >= 0.6 is 48.0 Å². The molecule has 1 unspecified atom stereocenters. The fraction of sp³-hybridized carbons (Fsp3) is 0.0943. The first-order valence-corrected chi connectivity index (χ1v) is 23.7. The van der Waals surface area contributed by atoms with Gasteiger partial charge in [0.15, 0.2) is 0 Å². The molecule has 306 valence electrons. The molecule has 0 amide bonds. The maximum atomic E-state index is 9.54. The lowest BCUT2D eigenvalue weighted by Crippen LogP contribution is -2.71. The van der Waals surface area contributed by atoms with E-state index >= 15 is 0 Å². The summed E-state index contributed by atoms with van der Waals surface area (Å²) in [6.07, 6.45) is 9.15. The minimum Gasteiger partial charge on any atom is -0.228 e. The highest BCUT2D eigenvalue weighted by atomic mass is 32.2. The third kappa shape index (κ3) is 5.70. The number of thioether (sulfide) groups is 2. The van der Waals surface area contributed by atoms with Crippen molar-refractivity contribution in [2.75, 3.05) is 0 Å². The number of hydrogen-bond acceptors (Lipinski definition) is 8. The van der Waals surface area contributed by atoms with Crippen LogP contribution in [-0.4, -0.2) is 40.0 Å². The summed E-state index contributed by atoms with van der Waals surface area (Å²) in [7, 11) is 0. The summed E-state index contributed by atoms with van der Waals surface area (Å²) in [5.74, 6) is 0.208. The molecule has 0 saturated carbocycles. The SMILES string of the molecule is N#CSCc1cccc(C2=C3C=CC4=[N+]3C35n6c(ccc62)C(c2cccc(CN=C=S)c2)=C2C=CC(=[N+]23)C(c2cccc(CN=C=S)c2)=c2ccc(n25)=C4c2cccc(CSC#N)c2)c1. The van der Waals surface area contributed by atoms with Crippen LogP contribution in [0.4, 0.5) is 0 Å². The minimum absolute atomic E-state index is 0.439. The average molecular weight is 909 g/mol. The lowest BCUT2D eigenvalue weighted by atomic mass is 9.92. The smallest absolute Gasteiger partial charge is 0.228 e. The Labute approximate surface area is 393 Å². The first-order valence-electron chi connectivity index (χ1n) is 20.9. The predicted octanol–water partition coefficient (Wildman–Crippen LogP) is 9.06. The Morgan fingerprint density at radius 3 is 1.35 bits per heavy atom. The molecular formula is C53H32N8S4+2. The topological polar surface area (TPSA) is 88.2 Å². The lowest BCUT2D eigenvalue weighted by Gasteiger charge is -2.41. The van der Waals surface area contributed by atoms with Gasteiger partial charge < -0.3 is 0 Å². The molecule has 0 radical (unpaired) electrons. The van der Waals surface area contributed by atoms with Crippen LogP contribution in [0.2, 0.25) is 0 Å². The van der Waals surface area contributed by atoms with Crippen LogP contribution in [-0.2, 0) is 30.5 Å². The molecular weight excluding hydrogens is 877 g/mol. The van der Waals surface area contributed by atoms with Crippen LogP contribution < -0.4 is 10.7 Å². The van der Waals surface area contributed by atoms with Crippen LogP contribution in [0, 0.1) is 21.3 Å². The summed E-state index contributed by atoms with van der Waals surface area (Å²) in [5, 5.41) is 30.9. The van der Waals surface area contributed by atoms with E-state index in [1.807, 2.05) is 0 Å². The van der Waals surface area contributed by atoms with Crippen LogP contribution in [0.3, 0.4) is 0 Å². The summed E-state index contributed by atoms with van der Waals surface area (Å²) in [5.41, 5.74) is 19.5. The molecule has 8 nitrogen and oxygen atoms in total. The standard InChI is InChI=1S/C53H32N8S4/c54-29-64-27-35-7-3-11-39(23-35)51-45-17-15-43-49(37-9-1-5-33(21-37)25-56-31-62)41-13-14-42-50(38-10-2-6-34(22-38)26-57-32-63)44-16-18-46-52(40-12-4-8-36(24-40)28-65-30-55)48-20-19-47(51)61(48)53(58(41)42,59(43)45)60(44)46/h1-24H,25-28H2/q+2. The zero-order valence-electron chi connectivity index (χ0n) is 34.4. The fourth-order valence-electron chi connectivity index (χ4n) is 10.7. The molecule has 4 aromatic carbocycles. The number of allylic oxidation sites excluding steroid dienone is 4. The molecule has 8 heterocycles. The molecule has 2 aromatic heterocycles. The van der Waals surface area contributed by atoms with Gasteiger partial charge in [-0.25, -0.2) is 9.98 Å².